The van der Waals surface area contributed by atoms with E-state index in [1.54, 1.807) is 84.9 Å². The Morgan fingerprint density at radius 3 is 1.52 bits per heavy atom. The van der Waals surface area contributed by atoms with Gasteiger partial charge in [-0.25, -0.2) is 9.59 Å². The summed E-state index contributed by atoms with van der Waals surface area (Å²) in [5.74, 6) is -1.70. The van der Waals surface area contributed by atoms with Crippen LogP contribution in [0.25, 0.3) is 0 Å². The summed E-state index contributed by atoms with van der Waals surface area (Å²) >= 11 is 0. The first-order valence-corrected chi connectivity index (χ1v) is 17.0. The minimum absolute atomic E-state index is 0.109. The SMILES string of the molecule is C=C.C=C.O=C(OCc1ccccc1)c1cccc(Nc2cccc3c2C(=O)c2cccc(Nc4ccccc4C(=O)OCc4ccccc4)c2C3=O)c1. The van der Waals surface area contributed by atoms with E-state index in [0.29, 0.717) is 28.3 Å². The van der Waals surface area contributed by atoms with Crippen LogP contribution in [-0.4, -0.2) is 23.5 Å². The van der Waals surface area contributed by atoms with Crippen molar-refractivity contribution in [3.63, 3.8) is 0 Å². The molecule has 1 aliphatic rings. The Morgan fingerprint density at radius 1 is 0.481 bits per heavy atom. The number of carbonyl (C=O) groups is 4. The van der Waals surface area contributed by atoms with Crippen LogP contribution in [0.1, 0.15) is 63.7 Å². The van der Waals surface area contributed by atoms with Crippen molar-refractivity contribution in [2.75, 3.05) is 10.6 Å². The number of benzene rings is 6. The quantitative estimate of drug-likeness (QED) is 0.106. The van der Waals surface area contributed by atoms with Crippen LogP contribution in [0.4, 0.5) is 22.7 Å². The van der Waals surface area contributed by atoms with Crippen LogP contribution < -0.4 is 10.6 Å². The van der Waals surface area contributed by atoms with Gasteiger partial charge in [0.1, 0.15) is 13.2 Å². The van der Waals surface area contributed by atoms with Gasteiger partial charge in [0.25, 0.3) is 0 Å². The van der Waals surface area contributed by atoms with Crippen LogP contribution in [0, 0.1) is 0 Å². The molecule has 268 valence electrons. The third-order valence-electron chi connectivity index (χ3n) is 8.29. The third-order valence-corrected chi connectivity index (χ3v) is 8.29. The second-order valence-electron chi connectivity index (χ2n) is 11.6. The smallest absolute Gasteiger partial charge is 0.340 e. The third kappa shape index (κ3) is 8.58. The van der Waals surface area contributed by atoms with Crippen molar-refractivity contribution in [3.05, 3.63) is 216 Å². The molecule has 54 heavy (non-hydrogen) atoms. The summed E-state index contributed by atoms with van der Waals surface area (Å²) < 4.78 is 11.1. The van der Waals surface area contributed by atoms with Gasteiger partial charge in [-0.15, -0.1) is 26.3 Å². The van der Waals surface area contributed by atoms with E-state index in [1.165, 1.54) is 0 Å². The lowest BCUT2D eigenvalue weighted by Crippen LogP contribution is -2.23. The van der Waals surface area contributed by atoms with Crippen LogP contribution in [-0.2, 0) is 22.7 Å². The molecule has 8 heteroatoms. The minimum atomic E-state index is -0.529. The summed E-state index contributed by atoms with van der Waals surface area (Å²) in [4.78, 5) is 54.1. The van der Waals surface area contributed by atoms with Gasteiger partial charge in [0.05, 0.1) is 39.3 Å². The molecule has 0 atom stereocenters. The van der Waals surface area contributed by atoms with Gasteiger partial charge in [0.15, 0.2) is 11.6 Å². The summed E-state index contributed by atoms with van der Waals surface area (Å²) in [7, 11) is 0. The Bertz CT molecular complexity index is 2280. The fraction of sp³-hybridized carbons (Fsp3) is 0.0435. The zero-order chi connectivity index (χ0) is 38.5. The molecule has 0 saturated carbocycles. The first-order valence-electron chi connectivity index (χ1n) is 17.0. The van der Waals surface area contributed by atoms with E-state index in [0.717, 1.165) is 11.1 Å². The number of fused-ring (bicyclic) bond motifs is 2. The van der Waals surface area contributed by atoms with Gasteiger partial charge in [-0.3, -0.25) is 9.59 Å². The number of anilines is 4. The monoisotopic (exact) mass is 714 g/mol. The average Bonchev–Trinajstić information content (AvgIpc) is 3.23. The summed E-state index contributed by atoms with van der Waals surface area (Å²) in [6, 6.07) is 42.4. The molecule has 0 spiro atoms. The number of ether oxygens (including phenoxy) is 2. The summed E-state index contributed by atoms with van der Waals surface area (Å²) in [5.41, 5.74) is 5.03. The van der Waals surface area contributed by atoms with Crippen molar-refractivity contribution in [3.8, 4) is 0 Å². The molecule has 7 rings (SSSR count). The number of ketones is 2. The zero-order valence-electron chi connectivity index (χ0n) is 29.5. The molecule has 0 aliphatic heterocycles. The maximum absolute atomic E-state index is 14.1. The molecule has 6 aromatic rings. The highest BCUT2D eigenvalue weighted by Crippen LogP contribution is 2.37. The lowest BCUT2D eigenvalue weighted by molar-refractivity contribution is 0.0464. The predicted octanol–water partition coefficient (Wildman–Crippen LogP) is 10.3. The van der Waals surface area contributed by atoms with Crippen molar-refractivity contribution in [2.45, 2.75) is 13.2 Å². The first-order chi connectivity index (χ1) is 26.5. The van der Waals surface area contributed by atoms with Crippen LogP contribution in [0.2, 0.25) is 0 Å². The first kappa shape index (κ1) is 37.9. The minimum Gasteiger partial charge on any atom is -0.457 e. The van der Waals surface area contributed by atoms with Gasteiger partial charge in [0, 0.05) is 16.8 Å². The highest BCUT2D eigenvalue weighted by Gasteiger charge is 2.34. The molecule has 0 heterocycles. The highest BCUT2D eigenvalue weighted by atomic mass is 16.5. The van der Waals surface area contributed by atoms with Crippen molar-refractivity contribution in [1.82, 2.24) is 0 Å². The molecule has 0 aromatic heterocycles. The summed E-state index contributed by atoms with van der Waals surface area (Å²) in [6.07, 6.45) is 0. The highest BCUT2D eigenvalue weighted by molar-refractivity contribution is 6.32. The second-order valence-corrected chi connectivity index (χ2v) is 11.6. The number of esters is 2. The molecule has 0 unspecified atom stereocenters. The van der Waals surface area contributed by atoms with E-state index >= 15 is 0 Å². The molecule has 6 aromatic carbocycles. The van der Waals surface area contributed by atoms with Gasteiger partial charge < -0.3 is 20.1 Å². The Hall–Kier alpha value is -7.32. The lowest BCUT2D eigenvalue weighted by Gasteiger charge is -2.23. The van der Waals surface area contributed by atoms with Gasteiger partial charge >= 0.3 is 11.9 Å². The number of para-hydroxylation sites is 1. The number of hydrogen-bond acceptors (Lipinski definition) is 8. The maximum atomic E-state index is 14.1. The maximum Gasteiger partial charge on any atom is 0.340 e. The van der Waals surface area contributed by atoms with E-state index in [9.17, 15) is 19.2 Å². The number of hydrogen-bond donors (Lipinski definition) is 2. The molecule has 0 amide bonds. The normalized spacial score (nSPS) is 10.9. The number of carbonyl (C=O) groups excluding carboxylic acids is 4. The average molecular weight is 715 g/mol. The Balaban J connectivity index is 0.00000136. The van der Waals surface area contributed by atoms with Crippen LogP contribution in [0.3, 0.4) is 0 Å². The van der Waals surface area contributed by atoms with Crippen LogP contribution in [0.5, 0.6) is 0 Å². The fourth-order valence-corrected chi connectivity index (χ4v) is 5.85. The lowest BCUT2D eigenvalue weighted by atomic mass is 9.82. The Kier molecular flexibility index (Phi) is 12.8. The van der Waals surface area contributed by atoms with Crippen molar-refractivity contribution in [1.29, 1.82) is 0 Å². The molecular weight excluding hydrogens is 677 g/mol. The van der Waals surface area contributed by atoms with Crippen molar-refractivity contribution in [2.24, 2.45) is 0 Å². The molecule has 2 N–H and O–H groups in total. The molecular formula is C46H38N2O6. The summed E-state index contributed by atoms with van der Waals surface area (Å²) in [6.45, 7) is 12.2. The second kappa shape index (κ2) is 18.3. The molecule has 0 saturated heterocycles. The molecule has 0 bridgehead atoms. The van der Waals surface area contributed by atoms with Crippen molar-refractivity contribution >= 4 is 46.3 Å². The molecule has 8 nitrogen and oxygen atoms in total. The van der Waals surface area contributed by atoms with Gasteiger partial charge in [-0.1, -0.05) is 103 Å². The van der Waals surface area contributed by atoms with Crippen LogP contribution in [0.15, 0.2) is 172 Å². The molecule has 0 radical (unpaired) electrons. The van der Waals surface area contributed by atoms with E-state index in [1.807, 2.05) is 60.7 Å². The number of rotatable bonds is 10. The van der Waals surface area contributed by atoms with E-state index < -0.39 is 11.9 Å². The summed E-state index contributed by atoms with van der Waals surface area (Å²) in [5, 5.41) is 6.45. The van der Waals surface area contributed by atoms with Gasteiger partial charge in [-0.05, 0) is 53.6 Å². The van der Waals surface area contributed by atoms with Gasteiger partial charge in [0.2, 0.25) is 0 Å². The Morgan fingerprint density at radius 2 is 0.944 bits per heavy atom. The van der Waals surface area contributed by atoms with Gasteiger partial charge in [-0.2, -0.15) is 0 Å². The standard InChI is InChI=1S/C42H30N2O6.2C2H4/c45-39-33-20-11-23-36(44-34-21-8-7-18-31(34)42(48)50-26-28-14-5-2-6-15-28)38(33)40(46)32-19-10-22-35(37(32)39)43-30-17-9-16-29(24-30)41(47)49-25-27-12-3-1-4-13-27;2*1-2/h1-24,43-44H,25-26H2;2*1-2H2. The van der Waals surface area contributed by atoms with Crippen LogP contribution >= 0.6 is 0 Å². The fourth-order valence-electron chi connectivity index (χ4n) is 5.85. The molecule has 0 fully saturated rings. The van der Waals surface area contributed by atoms with Crippen molar-refractivity contribution < 1.29 is 28.7 Å². The Labute approximate surface area is 314 Å². The topological polar surface area (TPSA) is 111 Å². The predicted molar refractivity (Wildman–Crippen MR) is 213 cm³/mol. The largest absolute Gasteiger partial charge is 0.457 e. The zero-order valence-corrected chi connectivity index (χ0v) is 29.5. The molecule has 1 aliphatic carbocycles. The van der Waals surface area contributed by atoms with E-state index in [-0.39, 0.29) is 52.6 Å². The number of nitrogens with one attached hydrogen (secondary N) is 2. The van der Waals surface area contributed by atoms with E-state index in [4.69, 9.17) is 9.47 Å². The van der Waals surface area contributed by atoms with E-state index in [2.05, 4.69) is 36.9 Å².